The molecule has 4 aromatic rings. The van der Waals surface area contributed by atoms with Crippen LogP contribution in [0.25, 0.3) is 22.3 Å². The average Bonchev–Trinajstić information content (AvgIpc) is 3.58. The van der Waals surface area contributed by atoms with Crippen LogP contribution in [0.4, 0.5) is 0 Å². The molecule has 0 spiro atoms. The van der Waals surface area contributed by atoms with Crippen LogP contribution in [0.3, 0.4) is 0 Å². The number of morpholine rings is 1. The summed E-state index contributed by atoms with van der Waals surface area (Å²) < 4.78 is 7.60. The molecule has 1 N–H and O–H groups in total. The highest BCUT2D eigenvalue weighted by Crippen LogP contribution is 2.29. The molecule has 7 nitrogen and oxygen atoms in total. The van der Waals surface area contributed by atoms with E-state index in [-0.39, 0.29) is 23.8 Å². The molecule has 0 bridgehead atoms. The zero-order valence-corrected chi connectivity index (χ0v) is 22.6. The smallest absolute Gasteiger partial charge is 0.270 e. The van der Waals surface area contributed by atoms with Crippen LogP contribution in [0.15, 0.2) is 84.0 Å². The van der Waals surface area contributed by atoms with E-state index in [1.165, 1.54) is 0 Å². The highest BCUT2D eigenvalue weighted by molar-refractivity contribution is 7.13. The van der Waals surface area contributed by atoms with E-state index < -0.39 is 5.91 Å². The first kappa shape index (κ1) is 25.9. The number of carbonyl (C=O) groups excluding carboxylic acids is 2. The van der Waals surface area contributed by atoms with Crippen LogP contribution in [0.2, 0.25) is 5.02 Å². The fourth-order valence-electron chi connectivity index (χ4n) is 4.43. The Morgan fingerprint density at radius 3 is 2.39 bits per heavy atom. The first-order valence-corrected chi connectivity index (χ1v) is 13.6. The fourth-order valence-corrected chi connectivity index (χ4v) is 5.28. The van der Waals surface area contributed by atoms with Crippen LogP contribution >= 0.6 is 22.9 Å². The first-order valence-electron chi connectivity index (χ1n) is 12.3. The van der Waals surface area contributed by atoms with Gasteiger partial charge in [-0.2, -0.15) is 5.10 Å². The van der Waals surface area contributed by atoms with Gasteiger partial charge in [0.15, 0.2) is 0 Å². The molecule has 9 heteroatoms. The van der Waals surface area contributed by atoms with Crippen LogP contribution in [0, 0.1) is 0 Å². The lowest BCUT2D eigenvalue weighted by atomic mass is 10.1. The maximum Gasteiger partial charge on any atom is 0.270 e. The average molecular weight is 547 g/mol. The molecule has 1 fully saturated rings. The maximum atomic E-state index is 13.8. The Morgan fingerprint density at radius 2 is 1.74 bits per heavy atom. The Labute approximate surface area is 230 Å². The second-order valence-electron chi connectivity index (χ2n) is 9.18. The van der Waals surface area contributed by atoms with Crippen molar-refractivity contribution in [3.05, 3.63) is 100 Å². The van der Waals surface area contributed by atoms with Crippen LogP contribution in [0.5, 0.6) is 0 Å². The van der Waals surface area contributed by atoms with E-state index in [9.17, 15) is 9.59 Å². The summed E-state index contributed by atoms with van der Waals surface area (Å²) in [4.78, 5) is 29.7. The van der Waals surface area contributed by atoms with E-state index in [4.69, 9.17) is 21.4 Å². The Balaban J connectivity index is 1.57. The van der Waals surface area contributed by atoms with Gasteiger partial charge in [0.2, 0.25) is 0 Å². The SMILES string of the molecule is C[C@H]1CN(C(=O)/C(=C/c2cn(-c3ccccc3)nc2-c2cccs2)NC(=O)c2ccc(Cl)cc2)C[C@H](C)O1. The third kappa shape index (κ3) is 5.88. The summed E-state index contributed by atoms with van der Waals surface area (Å²) in [7, 11) is 0. The molecule has 2 aromatic heterocycles. The van der Waals surface area contributed by atoms with Gasteiger partial charge in [-0.15, -0.1) is 11.3 Å². The molecule has 1 saturated heterocycles. The number of nitrogens with zero attached hydrogens (tertiary/aromatic N) is 3. The number of hydrogen-bond acceptors (Lipinski definition) is 5. The van der Waals surface area contributed by atoms with Crippen molar-refractivity contribution in [2.24, 2.45) is 0 Å². The van der Waals surface area contributed by atoms with Crippen LogP contribution in [-0.4, -0.2) is 51.8 Å². The highest BCUT2D eigenvalue weighted by atomic mass is 35.5. The molecule has 1 aliphatic rings. The van der Waals surface area contributed by atoms with Crippen molar-refractivity contribution in [2.75, 3.05) is 13.1 Å². The van der Waals surface area contributed by atoms with E-state index in [1.54, 1.807) is 51.3 Å². The molecule has 0 saturated carbocycles. The Kier molecular flexibility index (Phi) is 7.74. The lowest BCUT2D eigenvalue weighted by Crippen LogP contribution is -2.50. The number of carbonyl (C=O) groups is 2. The number of aromatic nitrogens is 2. The molecule has 2 aromatic carbocycles. The zero-order valence-electron chi connectivity index (χ0n) is 21.0. The summed E-state index contributed by atoms with van der Waals surface area (Å²) in [6.45, 7) is 4.73. The van der Waals surface area contributed by atoms with Crippen molar-refractivity contribution in [2.45, 2.75) is 26.1 Å². The number of halogens is 1. The molecule has 2 atom stereocenters. The second kappa shape index (κ2) is 11.3. The fraction of sp³-hybridized carbons (Fsp3) is 0.207. The van der Waals surface area contributed by atoms with Crippen LogP contribution in [0.1, 0.15) is 29.8 Å². The summed E-state index contributed by atoms with van der Waals surface area (Å²) >= 11 is 7.56. The Hall–Kier alpha value is -3.72. The minimum Gasteiger partial charge on any atom is -0.372 e. The normalized spacial score (nSPS) is 17.9. The predicted octanol–water partition coefficient (Wildman–Crippen LogP) is 5.66. The molecule has 5 rings (SSSR count). The molecule has 2 amide bonds. The van der Waals surface area contributed by atoms with Crippen molar-refractivity contribution < 1.29 is 14.3 Å². The maximum absolute atomic E-state index is 13.8. The summed E-state index contributed by atoms with van der Waals surface area (Å²) in [6.07, 6.45) is 3.36. The third-order valence-electron chi connectivity index (χ3n) is 6.11. The van der Waals surface area contributed by atoms with Gasteiger partial charge in [-0.25, -0.2) is 4.68 Å². The Morgan fingerprint density at radius 1 is 1.03 bits per heavy atom. The number of thiophene rings is 1. The number of amides is 2. The largest absolute Gasteiger partial charge is 0.372 e. The molecule has 3 heterocycles. The highest BCUT2D eigenvalue weighted by Gasteiger charge is 2.29. The van der Waals surface area contributed by atoms with Gasteiger partial charge in [-0.3, -0.25) is 9.59 Å². The molecule has 194 valence electrons. The van der Waals surface area contributed by atoms with E-state index in [2.05, 4.69) is 5.32 Å². The van der Waals surface area contributed by atoms with Crippen LogP contribution in [-0.2, 0) is 9.53 Å². The van der Waals surface area contributed by atoms with E-state index in [0.717, 1.165) is 16.3 Å². The van der Waals surface area contributed by atoms with Gasteiger partial charge >= 0.3 is 0 Å². The van der Waals surface area contributed by atoms with Gasteiger partial charge in [-0.1, -0.05) is 35.9 Å². The van der Waals surface area contributed by atoms with Crippen molar-refractivity contribution in [3.8, 4) is 16.3 Å². The Bertz CT molecular complexity index is 1440. The quantitative estimate of drug-likeness (QED) is 0.317. The lowest BCUT2D eigenvalue weighted by Gasteiger charge is -2.35. The predicted molar refractivity (Wildman–Crippen MR) is 150 cm³/mol. The molecule has 0 aliphatic carbocycles. The van der Waals surface area contributed by atoms with Crippen molar-refractivity contribution >= 4 is 40.8 Å². The number of rotatable bonds is 6. The number of benzene rings is 2. The van der Waals surface area contributed by atoms with Gasteiger partial charge in [0.1, 0.15) is 11.4 Å². The summed E-state index contributed by atoms with van der Waals surface area (Å²) in [5.41, 5.74) is 2.88. The third-order valence-corrected chi connectivity index (χ3v) is 7.24. The van der Waals surface area contributed by atoms with Crippen molar-refractivity contribution in [3.63, 3.8) is 0 Å². The van der Waals surface area contributed by atoms with Crippen LogP contribution < -0.4 is 5.32 Å². The topological polar surface area (TPSA) is 76.5 Å². The number of para-hydroxylation sites is 1. The molecular weight excluding hydrogens is 520 g/mol. The number of ether oxygens (including phenoxy) is 1. The minimum absolute atomic E-state index is 0.113. The summed E-state index contributed by atoms with van der Waals surface area (Å²) in [5.74, 6) is -0.678. The van der Waals surface area contributed by atoms with Gasteiger partial charge in [0.05, 0.1) is 22.8 Å². The van der Waals surface area contributed by atoms with E-state index in [0.29, 0.717) is 29.2 Å². The standard InChI is InChI=1S/C29H27ClN4O3S/c1-19-16-33(17-20(2)37-19)29(36)25(31-28(35)21-10-12-23(30)13-11-21)15-22-18-34(24-7-4-3-5-8-24)32-27(22)26-9-6-14-38-26/h3-15,18-20H,16-17H2,1-2H3,(H,31,35)/b25-15-/t19-,20-/m0/s1. The van der Waals surface area contributed by atoms with Crippen molar-refractivity contribution in [1.82, 2.24) is 20.0 Å². The minimum atomic E-state index is -0.399. The number of hydrogen-bond donors (Lipinski definition) is 1. The van der Waals surface area contributed by atoms with Crippen molar-refractivity contribution in [1.29, 1.82) is 0 Å². The van der Waals surface area contributed by atoms with E-state index in [1.807, 2.05) is 67.9 Å². The summed E-state index contributed by atoms with van der Waals surface area (Å²) in [6, 6.07) is 20.2. The monoisotopic (exact) mass is 546 g/mol. The lowest BCUT2D eigenvalue weighted by molar-refractivity contribution is -0.139. The first-order chi connectivity index (χ1) is 18.4. The van der Waals surface area contributed by atoms with E-state index >= 15 is 0 Å². The van der Waals surface area contributed by atoms with Gasteiger partial charge in [-0.05, 0) is 67.8 Å². The van der Waals surface area contributed by atoms with Gasteiger partial charge in [0, 0.05) is 35.4 Å². The molecule has 0 radical (unpaired) electrons. The molecular formula is C29H27ClN4O3S. The molecule has 1 aliphatic heterocycles. The second-order valence-corrected chi connectivity index (χ2v) is 10.6. The zero-order chi connectivity index (χ0) is 26.6. The molecule has 0 unspecified atom stereocenters. The summed E-state index contributed by atoms with van der Waals surface area (Å²) in [5, 5.41) is 10.2. The molecule has 38 heavy (non-hydrogen) atoms. The van der Waals surface area contributed by atoms with Gasteiger partial charge in [0.25, 0.3) is 11.8 Å². The number of nitrogens with one attached hydrogen (secondary N) is 1. The van der Waals surface area contributed by atoms with Gasteiger partial charge < -0.3 is 15.0 Å².